The van der Waals surface area contributed by atoms with Crippen molar-refractivity contribution in [3.8, 4) is 0 Å². The summed E-state index contributed by atoms with van der Waals surface area (Å²) < 4.78 is 79.9. The quantitative estimate of drug-likeness (QED) is 0.573. The number of likely N-dealkylation sites (tertiary alicyclic amines) is 3. The second-order valence-electron chi connectivity index (χ2n) is 9.61. The molecule has 3 aliphatic heterocycles. The maximum absolute atomic E-state index is 12.7. The lowest BCUT2D eigenvalue weighted by atomic mass is 10.0. The van der Waals surface area contributed by atoms with Gasteiger partial charge in [0, 0.05) is 51.4 Å². The summed E-state index contributed by atoms with van der Waals surface area (Å²) in [6.07, 6.45) is -15.2. The predicted octanol–water partition coefficient (Wildman–Crippen LogP) is 4.22. The Bertz CT molecular complexity index is 933. The lowest BCUT2D eigenvalue weighted by Gasteiger charge is -2.26. The third kappa shape index (κ3) is 5.68. The second-order valence-corrected chi connectivity index (χ2v) is 9.61. The van der Waals surface area contributed by atoms with E-state index in [1.165, 1.54) is 0 Å². The van der Waals surface area contributed by atoms with Crippen LogP contribution in [0.5, 0.6) is 0 Å². The molecule has 6 nitrogen and oxygen atoms in total. The van der Waals surface area contributed by atoms with E-state index in [0.717, 1.165) is 42.0 Å². The van der Waals surface area contributed by atoms with Crippen LogP contribution in [-0.2, 0) is 11.3 Å². The number of hydrogen-bond donors (Lipinski definition) is 0. The number of hydrogen-bond acceptors (Lipinski definition) is 4. The van der Waals surface area contributed by atoms with Crippen LogP contribution in [0.15, 0.2) is 18.2 Å². The summed E-state index contributed by atoms with van der Waals surface area (Å²) in [5.74, 6) is -0.0858. The van der Waals surface area contributed by atoms with Crippen LogP contribution in [0.4, 0.5) is 31.1 Å². The molecule has 0 aliphatic carbocycles. The van der Waals surface area contributed by atoms with Gasteiger partial charge in [-0.2, -0.15) is 26.3 Å². The molecule has 3 aliphatic rings. The minimum Gasteiger partial charge on any atom is -0.426 e. The van der Waals surface area contributed by atoms with Gasteiger partial charge < -0.3 is 14.5 Å². The fourth-order valence-electron chi connectivity index (χ4n) is 5.28. The highest BCUT2D eigenvalue weighted by Crippen LogP contribution is 2.37. The summed E-state index contributed by atoms with van der Waals surface area (Å²) >= 11 is 0. The number of carbonyl (C=O) groups is 2. The molecule has 4 rings (SSSR count). The molecule has 0 bridgehead atoms. The largest absolute Gasteiger partial charge is 0.434 e. The Labute approximate surface area is 198 Å². The van der Waals surface area contributed by atoms with Gasteiger partial charge in [0.05, 0.1) is 0 Å². The molecule has 194 valence electrons. The average Bonchev–Trinajstić information content (AvgIpc) is 3.46. The zero-order valence-corrected chi connectivity index (χ0v) is 19.2. The Morgan fingerprint density at radius 1 is 0.943 bits per heavy atom. The van der Waals surface area contributed by atoms with E-state index in [1.807, 2.05) is 30.0 Å². The van der Waals surface area contributed by atoms with Crippen LogP contribution in [0.3, 0.4) is 0 Å². The number of fused-ring (bicyclic) bond motifs is 1. The Balaban J connectivity index is 1.30. The third-order valence-electron chi connectivity index (χ3n) is 6.95. The fourth-order valence-corrected chi connectivity index (χ4v) is 5.28. The standard InChI is InChI=1S/C23H27F6N3O3/c1-14-8-15(4-5-18(14)19(33)31-6-2-3-7-31)9-30-10-16-12-32(13-17(16)11-30)21(34)35-20(22(24,25)26)23(27,28)29/h4-5,8,16-17,20H,2-3,6-7,9-13H2,1H3. The first-order chi connectivity index (χ1) is 16.3. The van der Waals surface area contributed by atoms with Gasteiger partial charge in [-0.05, 0) is 48.8 Å². The maximum atomic E-state index is 12.7. The van der Waals surface area contributed by atoms with Crippen molar-refractivity contribution in [2.45, 2.75) is 44.8 Å². The van der Waals surface area contributed by atoms with Crippen molar-refractivity contribution < 1.29 is 40.7 Å². The molecule has 3 fully saturated rings. The first-order valence-corrected chi connectivity index (χ1v) is 11.5. The summed E-state index contributed by atoms with van der Waals surface area (Å²) in [6, 6.07) is 5.70. The Kier molecular flexibility index (Phi) is 6.96. The highest BCUT2D eigenvalue weighted by molar-refractivity contribution is 5.95. The van der Waals surface area contributed by atoms with Gasteiger partial charge in [0.15, 0.2) is 0 Å². The van der Waals surface area contributed by atoms with Gasteiger partial charge in [-0.3, -0.25) is 9.69 Å². The van der Waals surface area contributed by atoms with Crippen molar-refractivity contribution in [3.63, 3.8) is 0 Å². The van der Waals surface area contributed by atoms with Crippen molar-refractivity contribution in [2.24, 2.45) is 11.8 Å². The molecular formula is C23H27F6N3O3. The number of nitrogens with zero attached hydrogens (tertiary/aromatic N) is 3. The summed E-state index contributed by atoms with van der Waals surface area (Å²) in [6.45, 7) is 5.25. The van der Waals surface area contributed by atoms with Crippen LogP contribution in [0.1, 0.15) is 34.3 Å². The highest BCUT2D eigenvalue weighted by Gasteiger charge is 2.60. The number of halogens is 6. The number of benzene rings is 1. The van der Waals surface area contributed by atoms with E-state index >= 15 is 0 Å². The van der Waals surface area contributed by atoms with Crippen LogP contribution in [0.2, 0.25) is 0 Å². The minimum absolute atomic E-state index is 0.0347. The molecular weight excluding hydrogens is 480 g/mol. The van der Waals surface area contributed by atoms with Gasteiger partial charge in [-0.1, -0.05) is 12.1 Å². The van der Waals surface area contributed by atoms with Gasteiger partial charge in [-0.25, -0.2) is 4.79 Å². The molecule has 1 aromatic carbocycles. The second kappa shape index (κ2) is 9.51. The third-order valence-corrected chi connectivity index (χ3v) is 6.95. The number of carbonyl (C=O) groups excluding carboxylic acids is 2. The van der Waals surface area contributed by atoms with E-state index < -0.39 is 24.5 Å². The lowest BCUT2D eigenvalue weighted by Crippen LogP contribution is -2.48. The zero-order valence-electron chi connectivity index (χ0n) is 19.2. The van der Waals surface area contributed by atoms with E-state index in [9.17, 15) is 35.9 Å². The highest BCUT2D eigenvalue weighted by atomic mass is 19.4. The summed E-state index contributed by atoms with van der Waals surface area (Å²) in [5, 5.41) is 0. The van der Waals surface area contributed by atoms with E-state index in [-0.39, 0.29) is 30.8 Å². The van der Waals surface area contributed by atoms with E-state index in [2.05, 4.69) is 9.64 Å². The fraction of sp³-hybridized carbons (Fsp3) is 0.652. The topological polar surface area (TPSA) is 53.1 Å². The summed E-state index contributed by atoms with van der Waals surface area (Å²) in [7, 11) is 0. The predicted molar refractivity (Wildman–Crippen MR) is 113 cm³/mol. The lowest BCUT2D eigenvalue weighted by molar-refractivity contribution is -0.308. The van der Waals surface area contributed by atoms with Gasteiger partial charge >= 0.3 is 18.4 Å². The molecule has 2 amide bonds. The van der Waals surface area contributed by atoms with Crippen LogP contribution >= 0.6 is 0 Å². The zero-order chi connectivity index (χ0) is 25.5. The monoisotopic (exact) mass is 507 g/mol. The van der Waals surface area contributed by atoms with Gasteiger partial charge in [-0.15, -0.1) is 0 Å². The van der Waals surface area contributed by atoms with Crippen LogP contribution in [0.25, 0.3) is 0 Å². The van der Waals surface area contributed by atoms with Crippen molar-refractivity contribution in [3.05, 3.63) is 34.9 Å². The molecule has 0 saturated carbocycles. The molecule has 0 radical (unpaired) electrons. The number of amides is 2. The molecule has 2 atom stereocenters. The number of rotatable bonds is 4. The van der Waals surface area contributed by atoms with E-state index in [4.69, 9.17) is 0 Å². The van der Waals surface area contributed by atoms with Gasteiger partial charge in [0.1, 0.15) is 0 Å². The van der Waals surface area contributed by atoms with Crippen LogP contribution in [0, 0.1) is 18.8 Å². The molecule has 3 heterocycles. The minimum atomic E-state index is -5.73. The molecule has 12 heteroatoms. The first kappa shape index (κ1) is 25.6. The molecule has 0 aromatic heterocycles. The summed E-state index contributed by atoms with van der Waals surface area (Å²) in [5.41, 5.74) is 2.57. The normalized spacial score (nSPS) is 23.3. The Hall–Kier alpha value is -2.50. The molecule has 0 spiro atoms. The van der Waals surface area contributed by atoms with Crippen molar-refractivity contribution in [2.75, 3.05) is 39.3 Å². The Morgan fingerprint density at radius 2 is 1.51 bits per heavy atom. The van der Waals surface area contributed by atoms with Crippen molar-refractivity contribution >= 4 is 12.0 Å². The molecule has 2 unspecified atom stereocenters. The number of alkyl halides is 6. The van der Waals surface area contributed by atoms with Crippen molar-refractivity contribution in [1.82, 2.24) is 14.7 Å². The number of ether oxygens (including phenoxy) is 1. The molecule has 3 saturated heterocycles. The van der Waals surface area contributed by atoms with Gasteiger partial charge in [0.25, 0.3) is 12.0 Å². The van der Waals surface area contributed by atoms with Gasteiger partial charge in [0.2, 0.25) is 0 Å². The molecule has 35 heavy (non-hydrogen) atoms. The molecule has 0 N–H and O–H groups in total. The SMILES string of the molecule is Cc1cc(CN2CC3CN(C(=O)OC(C(F)(F)F)C(F)(F)F)CC3C2)ccc1C(=O)N1CCCC1. The first-order valence-electron chi connectivity index (χ1n) is 11.5. The van der Waals surface area contributed by atoms with Crippen LogP contribution in [-0.4, -0.2) is 84.4 Å². The maximum Gasteiger partial charge on any atom is 0.434 e. The van der Waals surface area contributed by atoms with Crippen molar-refractivity contribution in [1.29, 1.82) is 0 Å². The van der Waals surface area contributed by atoms with Crippen LogP contribution < -0.4 is 0 Å². The van der Waals surface area contributed by atoms with E-state index in [0.29, 0.717) is 25.2 Å². The summed E-state index contributed by atoms with van der Waals surface area (Å²) in [4.78, 5) is 29.6. The number of aryl methyl sites for hydroxylation is 1. The Morgan fingerprint density at radius 3 is 2.03 bits per heavy atom. The average molecular weight is 507 g/mol. The smallest absolute Gasteiger partial charge is 0.426 e. The molecule has 1 aromatic rings. The van der Waals surface area contributed by atoms with E-state index in [1.54, 1.807) is 0 Å².